The van der Waals surface area contributed by atoms with Crippen LogP contribution in [0.25, 0.3) is 0 Å². The number of amides is 1. The van der Waals surface area contributed by atoms with E-state index in [1.54, 1.807) is 39.0 Å². The molecule has 12 heteroatoms. The molecule has 3 aromatic rings. The van der Waals surface area contributed by atoms with Crippen LogP contribution in [0, 0.1) is 5.82 Å². The second-order valence-electron chi connectivity index (χ2n) is 10.5. The van der Waals surface area contributed by atoms with Gasteiger partial charge in [-0.15, -0.1) is 0 Å². The number of aliphatic carboxylic acids is 1. The van der Waals surface area contributed by atoms with E-state index in [1.807, 2.05) is 0 Å². The summed E-state index contributed by atoms with van der Waals surface area (Å²) in [6, 6.07) is 11.3. The molecule has 40 heavy (non-hydrogen) atoms. The fourth-order valence-corrected chi connectivity index (χ4v) is 5.30. The van der Waals surface area contributed by atoms with Gasteiger partial charge < -0.3 is 15.2 Å². The zero-order chi connectivity index (χ0) is 29.4. The molecule has 0 bridgehead atoms. The number of benzene rings is 3. The fraction of sp³-hybridized carbons (Fsp3) is 0.286. The van der Waals surface area contributed by atoms with Gasteiger partial charge in [0.05, 0.1) is 22.2 Å². The van der Waals surface area contributed by atoms with Crippen LogP contribution in [-0.4, -0.2) is 30.9 Å². The summed E-state index contributed by atoms with van der Waals surface area (Å²) in [5.41, 5.74) is 0.484. The predicted octanol–water partition coefficient (Wildman–Crippen LogP) is 6.62. The summed E-state index contributed by atoms with van der Waals surface area (Å²) in [5.74, 6) is -2.44. The number of rotatable bonds is 9. The Morgan fingerprint density at radius 3 is 2.30 bits per heavy atom. The van der Waals surface area contributed by atoms with Crippen LogP contribution in [0.5, 0.6) is 11.5 Å². The van der Waals surface area contributed by atoms with Gasteiger partial charge in [-0.2, -0.15) is 0 Å². The fourth-order valence-electron chi connectivity index (χ4n) is 4.06. The van der Waals surface area contributed by atoms with Crippen LogP contribution in [0.2, 0.25) is 10.0 Å². The first-order valence-corrected chi connectivity index (χ1v) is 14.2. The molecule has 1 aliphatic carbocycles. The van der Waals surface area contributed by atoms with E-state index in [1.165, 1.54) is 18.2 Å². The van der Waals surface area contributed by atoms with Gasteiger partial charge in [0.15, 0.2) is 5.75 Å². The minimum Gasteiger partial charge on any atom is -0.481 e. The Balaban J connectivity index is 1.83. The molecule has 0 unspecified atom stereocenters. The predicted molar refractivity (Wildman–Crippen MR) is 152 cm³/mol. The number of hydrogen-bond donors (Lipinski definition) is 3. The van der Waals surface area contributed by atoms with Crippen molar-refractivity contribution in [2.75, 3.05) is 4.31 Å². The number of hydrogen-bond acceptors (Lipinski definition) is 5. The molecule has 212 valence electrons. The van der Waals surface area contributed by atoms with E-state index in [2.05, 4.69) is 5.32 Å². The Hall–Kier alpha value is -3.34. The minimum absolute atomic E-state index is 0.0650. The molecule has 0 heterocycles. The van der Waals surface area contributed by atoms with Gasteiger partial charge in [-0.3, -0.25) is 9.59 Å². The van der Waals surface area contributed by atoms with Gasteiger partial charge in [0, 0.05) is 22.7 Å². The summed E-state index contributed by atoms with van der Waals surface area (Å²) in [6.07, 6.45) is 1.47. The highest BCUT2D eigenvalue weighted by atomic mass is 35.5. The zero-order valence-electron chi connectivity index (χ0n) is 21.8. The number of carbonyl (C=O) groups is 2. The third-order valence-electron chi connectivity index (χ3n) is 6.01. The Bertz CT molecular complexity index is 1560. The molecule has 1 aliphatic rings. The number of carboxylic acids is 1. The quantitative estimate of drug-likeness (QED) is 0.235. The molecule has 1 fully saturated rings. The minimum atomic E-state index is -3.36. The summed E-state index contributed by atoms with van der Waals surface area (Å²) >= 11 is 12.8. The number of carboxylic acid groups (broad SMARTS) is 1. The summed E-state index contributed by atoms with van der Waals surface area (Å²) in [7, 11) is -3.36. The van der Waals surface area contributed by atoms with E-state index in [0.29, 0.717) is 5.92 Å². The van der Waals surface area contributed by atoms with Crippen LogP contribution < -0.4 is 14.4 Å². The van der Waals surface area contributed by atoms with Crippen molar-refractivity contribution in [3.8, 4) is 11.5 Å². The van der Waals surface area contributed by atoms with Crippen LogP contribution in [-0.2, 0) is 22.1 Å². The smallest absolute Gasteiger partial charge is 0.307 e. The number of carbonyl (C=O) groups excluding carboxylic acids is 1. The zero-order valence-corrected chi connectivity index (χ0v) is 24.2. The number of thiol groups is 1. The van der Waals surface area contributed by atoms with Crippen LogP contribution in [0.15, 0.2) is 48.5 Å². The van der Waals surface area contributed by atoms with Crippen molar-refractivity contribution in [3.63, 3.8) is 0 Å². The number of nitrogens with one attached hydrogen (secondary N) is 1. The topological polar surface area (TPSA) is 113 Å². The Labute approximate surface area is 242 Å². The van der Waals surface area contributed by atoms with E-state index in [4.69, 9.17) is 33.0 Å². The average molecular weight is 610 g/mol. The van der Waals surface area contributed by atoms with Gasteiger partial charge >= 0.3 is 5.97 Å². The number of anilines is 2. The van der Waals surface area contributed by atoms with Gasteiger partial charge in [0.1, 0.15) is 17.3 Å². The SMILES string of the molecule is CC(C)(C)NC(=O)c1ccc(Oc2cc(F)c(CC(=O)O)cc2Cl)c(N(c2ccc(C3CC3)cc2Cl)[SH](=O)=O)c1. The van der Waals surface area contributed by atoms with E-state index >= 15 is 0 Å². The Morgan fingerprint density at radius 1 is 1.02 bits per heavy atom. The van der Waals surface area contributed by atoms with E-state index < -0.39 is 40.5 Å². The van der Waals surface area contributed by atoms with Crippen LogP contribution in [0.4, 0.5) is 15.8 Å². The maximum absolute atomic E-state index is 14.7. The molecule has 1 saturated carbocycles. The maximum Gasteiger partial charge on any atom is 0.307 e. The van der Waals surface area contributed by atoms with Crippen molar-refractivity contribution in [2.45, 2.75) is 51.5 Å². The van der Waals surface area contributed by atoms with Crippen molar-refractivity contribution < 1.29 is 32.2 Å². The molecular weight excluding hydrogens is 582 g/mol. The first-order chi connectivity index (χ1) is 18.7. The highest BCUT2D eigenvalue weighted by Crippen LogP contribution is 2.45. The van der Waals surface area contributed by atoms with Crippen molar-refractivity contribution in [1.82, 2.24) is 5.32 Å². The standard InChI is InChI=1S/C28H27Cl2FN2O6S/c1-28(2,3)32-27(36)17-7-9-24(39-25-14-21(31)18(11-20(25)30)13-26(34)35)23(12-17)33(40(37)38)22-8-6-16(10-19(22)29)15-4-5-15/h6-12,14-15,40H,4-5,13H2,1-3H3,(H,32,36)(H,34,35). The summed E-state index contributed by atoms with van der Waals surface area (Å²) < 4.78 is 46.8. The molecule has 4 rings (SSSR count). The second kappa shape index (κ2) is 11.6. The number of ether oxygens (including phenoxy) is 1. The molecule has 3 aromatic carbocycles. The van der Waals surface area contributed by atoms with Crippen molar-refractivity contribution in [2.24, 2.45) is 0 Å². The monoisotopic (exact) mass is 608 g/mol. The second-order valence-corrected chi connectivity index (χ2v) is 12.2. The third-order valence-corrected chi connectivity index (χ3v) is 7.37. The number of halogens is 3. The molecule has 0 saturated heterocycles. The molecule has 0 spiro atoms. The summed E-state index contributed by atoms with van der Waals surface area (Å²) in [6.45, 7) is 5.40. The van der Waals surface area contributed by atoms with Gasteiger partial charge in [0.2, 0.25) is 10.9 Å². The third kappa shape index (κ3) is 7.04. The summed E-state index contributed by atoms with van der Waals surface area (Å²) in [4.78, 5) is 24.0. The van der Waals surface area contributed by atoms with Crippen molar-refractivity contribution in [1.29, 1.82) is 0 Å². The van der Waals surface area contributed by atoms with Gasteiger partial charge in [-0.1, -0.05) is 29.3 Å². The maximum atomic E-state index is 14.7. The highest BCUT2D eigenvalue weighted by Gasteiger charge is 2.27. The van der Waals surface area contributed by atoms with E-state index in [0.717, 1.165) is 34.8 Å². The van der Waals surface area contributed by atoms with E-state index in [9.17, 15) is 22.4 Å². The van der Waals surface area contributed by atoms with Gasteiger partial charge in [-0.25, -0.2) is 17.1 Å². The first-order valence-electron chi connectivity index (χ1n) is 12.3. The lowest BCUT2D eigenvalue weighted by molar-refractivity contribution is -0.136. The lowest BCUT2D eigenvalue weighted by Gasteiger charge is -2.24. The molecule has 2 N–H and O–H groups in total. The molecular formula is C28H27Cl2FN2O6S. The van der Waals surface area contributed by atoms with Gasteiger partial charge in [-0.05, 0) is 81.5 Å². The molecule has 0 atom stereocenters. The van der Waals surface area contributed by atoms with E-state index in [-0.39, 0.29) is 44.0 Å². The van der Waals surface area contributed by atoms with Crippen LogP contribution in [0.1, 0.15) is 61.0 Å². The van der Waals surface area contributed by atoms with Crippen LogP contribution in [0.3, 0.4) is 0 Å². The molecule has 0 radical (unpaired) electrons. The Kier molecular flexibility index (Phi) is 8.63. The molecule has 0 aromatic heterocycles. The molecule has 8 nitrogen and oxygen atoms in total. The van der Waals surface area contributed by atoms with Crippen molar-refractivity contribution in [3.05, 3.63) is 81.1 Å². The lowest BCUT2D eigenvalue weighted by atomic mass is 10.1. The normalized spacial score (nSPS) is 13.3. The summed E-state index contributed by atoms with van der Waals surface area (Å²) in [5, 5.41) is 11.9. The lowest BCUT2D eigenvalue weighted by Crippen LogP contribution is -2.40. The van der Waals surface area contributed by atoms with Crippen LogP contribution >= 0.6 is 23.2 Å². The Morgan fingerprint density at radius 2 is 1.73 bits per heavy atom. The molecule has 0 aliphatic heterocycles. The first kappa shape index (κ1) is 29.6. The average Bonchev–Trinajstić information content (AvgIpc) is 3.68. The number of nitrogens with zero attached hydrogens (tertiary/aromatic N) is 1. The van der Waals surface area contributed by atoms with Gasteiger partial charge in [0.25, 0.3) is 5.91 Å². The molecule has 1 amide bonds. The highest BCUT2D eigenvalue weighted by molar-refractivity contribution is 7.74. The largest absolute Gasteiger partial charge is 0.481 e. The van der Waals surface area contributed by atoms with Crippen molar-refractivity contribution >= 4 is 57.3 Å².